The second-order valence-corrected chi connectivity index (χ2v) is 5.25. The van der Waals surface area contributed by atoms with Crippen LogP contribution < -0.4 is 5.32 Å². The molecular weight excluding hydrogens is 234 g/mol. The Balaban J connectivity index is 1.98. The predicted octanol–water partition coefficient (Wildman–Crippen LogP) is 3.68. The fourth-order valence-corrected chi connectivity index (χ4v) is 2.32. The molecule has 2 aromatic rings. The van der Waals surface area contributed by atoms with Gasteiger partial charge in [0.2, 0.25) is 0 Å². The van der Waals surface area contributed by atoms with Crippen LogP contribution in [0.2, 0.25) is 0 Å². The molecule has 0 spiro atoms. The minimum absolute atomic E-state index is 0.794. The Morgan fingerprint density at radius 1 is 1.05 bits per heavy atom. The number of aryl methyl sites for hydroxylation is 1. The summed E-state index contributed by atoms with van der Waals surface area (Å²) in [5.41, 5.74) is 4.67. The summed E-state index contributed by atoms with van der Waals surface area (Å²) in [5.74, 6) is 2.51. The van der Waals surface area contributed by atoms with Crippen molar-refractivity contribution in [3.63, 3.8) is 0 Å². The molecule has 0 radical (unpaired) electrons. The van der Waals surface area contributed by atoms with Crippen LogP contribution in [0.1, 0.15) is 35.6 Å². The molecule has 3 nitrogen and oxygen atoms in total. The number of anilines is 1. The quantitative estimate of drug-likeness (QED) is 0.906. The van der Waals surface area contributed by atoms with E-state index in [1.54, 1.807) is 0 Å². The summed E-state index contributed by atoms with van der Waals surface area (Å²) in [7, 11) is 1.90. The van der Waals surface area contributed by atoms with E-state index in [9.17, 15) is 0 Å². The number of benzene rings is 1. The minimum atomic E-state index is 0.794. The van der Waals surface area contributed by atoms with Crippen molar-refractivity contribution in [3.05, 3.63) is 41.1 Å². The molecule has 0 saturated heterocycles. The van der Waals surface area contributed by atoms with Crippen molar-refractivity contribution in [2.45, 2.75) is 32.6 Å². The second kappa shape index (κ2) is 4.65. The highest BCUT2D eigenvalue weighted by atomic mass is 15.0. The molecule has 19 heavy (non-hydrogen) atoms. The lowest BCUT2D eigenvalue weighted by molar-refractivity contribution is 1.07. The Morgan fingerprint density at radius 3 is 2.32 bits per heavy atom. The fraction of sp³-hybridized carbons (Fsp3) is 0.375. The van der Waals surface area contributed by atoms with Gasteiger partial charge in [-0.3, -0.25) is 0 Å². The molecular formula is C16H19N3. The van der Waals surface area contributed by atoms with Crippen LogP contribution in [0.15, 0.2) is 24.3 Å². The Bertz CT molecular complexity index is 598. The topological polar surface area (TPSA) is 37.8 Å². The third-order valence-electron chi connectivity index (χ3n) is 3.84. The molecule has 1 saturated carbocycles. The average Bonchev–Trinajstić information content (AvgIpc) is 3.26. The molecule has 0 unspecified atom stereocenters. The highest BCUT2D eigenvalue weighted by Crippen LogP contribution is 2.40. The van der Waals surface area contributed by atoms with Crippen LogP contribution in [-0.2, 0) is 0 Å². The second-order valence-electron chi connectivity index (χ2n) is 5.25. The van der Waals surface area contributed by atoms with E-state index in [0.717, 1.165) is 34.4 Å². The summed E-state index contributed by atoms with van der Waals surface area (Å²) in [6.45, 7) is 4.07. The van der Waals surface area contributed by atoms with Crippen LogP contribution in [0.3, 0.4) is 0 Å². The van der Waals surface area contributed by atoms with Crippen molar-refractivity contribution in [3.8, 4) is 11.4 Å². The molecule has 1 aromatic carbocycles. The molecule has 1 fully saturated rings. The lowest BCUT2D eigenvalue weighted by Gasteiger charge is -2.10. The number of hydrogen-bond donors (Lipinski definition) is 1. The van der Waals surface area contributed by atoms with Crippen molar-refractivity contribution >= 4 is 5.82 Å². The number of rotatable bonds is 3. The van der Waals surface area contributed by atoms with Gasteiger partial charge in [-0.25, -0.2) is 9.97 Å². The molecule has 0 bridgehead atoms. The molecule has 1 aromatic heterocycles. The van der Waals surface area contributed by atoms with Crippen LogP contribution in [0.25, 0.3) is 11.4 Å². The molecule has 0 atom stereocenters. The van der Waals surface area contributed by atoms with E-state index in [1.807, 2.05) is 20.9 Å². The Hall–Kier alpha value is -1.90. The summed E-state index contributed by atoms with van der Waals surface area (Å²) < 4.78 is 0. The third kappa shape index (κ3) is 2.33. The van der Waals surface area contributed by atoms with Gasteiger partial charge in [-0.2, -0.15) is 0 Å². The van der Waals surface area contributed by atoms with E-state index in [1.165, 1.54) is 18.4 Å². The Kier molecular flexibility index (Phi) is 2.97. The van der Waals surface area contributed by atoms with Gasteiger partial charge in [-0.15, -0.1) is 0 Å². The zero-order valence-corrected chi connectivity index (χ0v) is 11.7. The van der Waals surface area contributed by atoms with Crippen molar-refractivity contribution < 1.29 is 0 Å². The minimum Gasteiger partial charge on any atom is -0.373 e. The van der Waals surface area contributed by atoms with Gasteiger partial charge in [0.05, 0.1) is 0 Å². The Labute approximate surface area is 114 Å². The van der Waals surface area contributed by atoms with E-state index < -0.39 is 0 Å². The lowest BCUT2D eigenvalue weighted by Crippen LogP contribution is -2.02. The zero-order chi connectivity index (χ0) is 13.4. The van der Waals surface area contributed by atoms with Gasteiger partial charge >= 0.3 is 0 Å². The monoisotopic (exact) mass is 253 g/mol. The number of aromatic nitrogens is 2. The lowest BCUT2D eigenvalue weighted by atomic mass is 10.1. The van der Waals surface area contributed by atoms with Crippen LogP contribution in [0.5, 0.6) is 0 Å². The standard InChI is InChI=1S/C16H19N3/c1-10-11(2)18-16(19-15(10)17-3)14-8-6-13(7-9-14)12-4-5-12/h6-9,12H,4-5H2,1-3H3,(H,17,18,19). The molecule has 3 heteroatoms. The molecule has 0 aliphatic heterocycles. The first kappa shape index (κ1) is 12.2. The van der Waals surface area contributed by atoms with Gasteiger partial charge in [0, 0.05) is 23.9 Å². The van der Waals surface area contributed by atoms with Gasteiger partial charge in [0.1, 0.15) is 5.82 Å². The molecule has 0 amide bonds. The largest absolute Gasteiger partial charge is 0.373 e. The fourth-order valence-electron chi connectivity index (χ4n) is 2.32. The number of nitrogens with zero attached hydrogens (tertiary/aromatic N) is 2. The van der Waals surface area contributed by atoms with E-state index in [4.69, 9.17) is 0 Å². The first-order valence-electron chi connectivity index (χ1n) is 6.82. The zero-order valence-electron chi connectivity index (χ0n) is 11.7. The SMILES string of the molecule is CNc1nc(-c2ccc(C3CC3)cc2)nc(C)c1C. The molecule has 98 valence electrons. The van der Waals surface area contributed by atoms with Crippen LogP contribution in [-0.4, -0.2) is 17.0 Å². The summed E-state index contributed by atoms with van der Waals surface area (Å²) in [4.78, 5) is 9.18. The van der Waals surface area contributed by atoms with E-state index >= 15 is 0 Å². The molecule has 1 N–H and O–H groups in total. The van der Waals surface area contributed by atoms with Crippen LogP contribution in [0.4, 0.5) is 5.82 Å². The molecule has 1 aliphatic carbocycles. The van der Waals surface area contributed by atoms with Crippen LogP contribution in [0, 0.1) is 13.8 Å². The smallest absolute Gasteiger partial charge is 0.161 e. The van der Waals surface area contributed by atoms with E-state index in [0.29, 0.717) is 0 Å². The van der Waals surface area contributed by atoms with Crippen molar-refractivity contribution in [2.75, 3.05) is 12.4 Å². The van der Waals surface area contributed by atoms with Crippen molar-refractivity contribution in [1.29, 1.82) is 0 Å². The normalized spacial score (nSPS) is 14.5. The maximum absolute atomic E-state index is 4.59. The first-order chi connectivity index (χ1) is 9.19. The summed E-state index contributed by atoms with van der Waals surface area (Å²) in [5, 5.41) is 3.13. The van der Waals surface area contributed by atoms with E-state index in [-0.39, 0.29) is 0 Å². The van der Waals surface area contributed by atoms with Gasteiger partial charge in [0.25, 0.3) is 0 Å². The van der Waals surface area contributed by atoms with Crippen molar-refractivity contribution in [1.82, 2.24) is 9.97 Å². The molecule has 1 heterocycles. The van der Waals surface area contributed by atoms with Crippen LogP contribution >= 0.6 is 0 Å². The van der Waals surface area contributed by atoms with Gasteiger partial charge in [-0.05, 0) is 38.2 Å². The summed E-state index contributed by atoms with van der Waals surface area (Å²) >= 11 is 0. The molecule has 3 rings (SSSR count). The van der Waals surface area contributed by atoms with Gasteiger partial charge < -0.3 is 5.32 Å². The number of hydrogen-bond acceptors (Lipinski definition) is 3. The van der Waals surface area contributed by atoms with Crippen molar-refractivity contribution in [2.24, 2.45) is 0 Å². The predicted molar refractivity (Wildman–Crippen MR) is 78.5 cm³/mol. The summed E-state index contributed by atoms with van der Waals surface area (Å²) in [6.07, 6.45) is 2.67. The van der Waals surface area contributed by atoms with E-state index in [2.05, 4.69) is 39.6 Å². The Morgan fingerprint density at radius 2 is 1.74 bits per heavy atom. The highest BCUT2D eigenvalue weighted by Gasteiger charge is 2.23. The molecule has 1 aliphatic rings. The maximum Gasteiger partial charge on any atom is 0.161 e. The number of nitrogens with one attached hydrogen (secondary N) is 1. The first-order valence-corrected chi connectivity index (χ1v) is 6.82. The average molecular weight is 253 g/mol. The van der Waals surface area contributed by atoms with Gasteiger partial charge in [0.15, 0.2) is 5.82 Å². The highest BCUT2D eigenvalue weighted by molar-refractivity contribution is 5.60. The van der Waals surface area contributed by atoms with Gasteiger partial charge in [-0.1, -0.05) is 24.3 Å². The third-order valence-corrected chi connectivity index (χ3v) is 3.84. The summed E-state index contributed by atoms with van der Waals surface area (Å²) in [6, 6.07) is 8.70. The maximum atomic E-state index is 4.59.